The molecular formula is C11H17F3N4OS. The van der Waals surface area contributed by atoms with Crippen molar-refractivity contribution < 1.29 is 18.0 Å². The molecule has 0 aliphatic carbocycles. The third-order valence-corrected chi connectivity index (χ3v) is 3.20. The van der Waals surface area contributed by atoms with Crippen molar-refractivity contribution >= 4 is 22.4 Å². The van der Waals surface area contributed by atoms with Gasteiger partial charge in [0.1, 0.15) is 0 Å². The monoisotopic (exact) mass is 310 g/mol. The van der Waals surface area contributed by atoms with Crippen LogP contribution in [0, 0.1) is 0 Å². The van der Waals surface area contributed by atoms with Gasteiger partial charge in [-0.15, -0.1) is 10.2 Å². The van der Waals surface area contributed by atoms with Crippen molar-refractivity contribution in [3.8, 4) is 0 Å². The minimum Gasteiger partial charge on any atom is -0.360 e. The molecule has 0 aromatic carbocycles. The molecule has 5 nitrogen and oxygen atoms in total. The Bertz CT molecular complexity index is 422. The minimum absolute atomic E-state index is 0.00318. The molecule has 2 N–H and O–H groups in total. The van der Waals surface area contributed by atoms with Crippen LogP contribution in [-0.4, -0.2) is 35.4 Å². The Morgan fingerprint density at radius 3 is 2.65 bits per heavy atom. The van der Waals surface area contributed by atoms with Crippen LogP contribution in [0.5, 0.6) is 0 Å². The topological polar surface area (TPSA) is 66.9 Å². The van der Waals surface area contributed by atoms with Gasteiger partial charge in [0.05, 0.1) is 0 Å². The van der Waals surface area contributed by atoms with E-state index in [0.717, 1.165) is 24.3 Å². The number of nitrogens with one attached hydrogen (secondary N) is 2. The number of anilines is 1. The third kappa shape index (κ3) is 6.69. The van der Waals surface area contributed by atoms with Crippen molar-refractivity contribution in [3.05, 3.63) is 5.01 Å². The lowest BCUT2D eigenvalue weighted by atomic mass is 10.2. The van der Waals surface area contributed by atoms with Gasteiger partial charge in [0, 0.05) is 19.5 Å². The fourth-order valence-electron chi connectivity index (χ4n) is 1.35. The molecule has 0 unspecified atom stereocenters. The molecule has 1 aromatic heterocycles. The summed E-state index contributed by atoms with van der Waals surface area (Å²) in [6.07, 6.45) is -3.75. The zero-order chi connectivity index (χ0) is 15.0. The molecule has 0 spiro atoms. The first kappa shape index (κ1) is 16.7. The smallest absolute Gasteiger partial charge is 0.360 e. The van der Waals surface area contributed by atoms with Gasteiger partial charge in [-0.25, -0.2) is 0 Å². The summed E-state index contributed by atoms with van der Waals surface area (Å²) in [5, 5.41) is 13.8. The summed E-state index contributed by atoms with van der Waals surface area (Å²) < 4.78 is 35.7. The number of aromatic nitrogens is 2. The maximum Gasteiger partial charge on any atom is 0.389 e. The Labute approximate surface area is 119 Å². The molecule has 0 fully saturated rings. The van der Waals surface area contributed by atoms with Crippen LogP contribution in [-0.2, 0) is 0 Å². The summed E-state index contributed by atoms with van der Waals surface area (Å²) in [6.45, 7) is 2.95. The van der Waals surface area contributed by atoms with E-state index in [1.165, 1.54) is 0 Å². The minimum atomic E-state index is -4.14. The Hall–Kier alpha value is -1.38. The van der Waals surface area contributed by atoms with E-state index < -0.39 is 18.5 Å². The molecule has 114 valence electrons. The highest BCUT2D eigenvalue weighted by atomic mass is 32.1. The summed E-state index contributed by atoms with van der Waals surface area (Å²) >= 11 is 1.12. The molecular weight excluding hydrogens is 293 g/mol. The van der Waals surface area contributed by atoms with Gasteiger partial charge in [-0.2, -0.15) is 13.2 Å². The van der Waals surface area contributed by atoms with E-state index in [2.05, 4.69) is 20.8 Å². The number of rotatable bonds is 8. The van der Waals surface area contributed by atoms with Gasteiger partial charge in [-0.05, 0) is 19.3 Å². The summed E-state index contributed by atoms with van der Waals surface area (Å²) in [4.78, 5) is 11.6. The van der Waals surface area contributed by atoms with E-state index in [-0.39, 0.29) is 24.4 Å². The predicted octanol–water partition coefficient (Wildman–Crippen LogP) is 2.82. The number of amides is 1. The zero-order valence-corrected chi connectivity index (χ0v) is 11.9. The van der Waals surface area contributed by atoms with E-state index in [4.69, 9.17) is 0 Å². The van der Waals surface area contributed by atoms with Gasteiger partial charge in [0.2, 0.25) is 10.1 Å². The van der Waals surface area contributed by atoms with Crippen molar-refractivity contribution in [1.82, 2.24) is 15.5 Å². The molecule has 1 aromatic rings. The summed E-state index contributed by atoms with van der Waals surface area (Å²) in [5.74, 6) is -0.404. The fraction of sp³-hybridized carbons (Fsp3) is 0.727. The average molecular weight is 310 g/mol. The average Bonchev–Trinajstić information content (AvgIpc) is 2.83. The van der Waals surface area contributed by atoms with Crippen molar-refractivity contribution in [3.63, 3.8) is 0 Å². The van der Waals surface area contributed by atoms with E-state index >= 15 is 0 Å². The first-order valence-electron chi connectivity index (χ1n) is 6.34. The van der Waals surface area contributed by atoms with Gasteiger partial charge in [0.15, 0.2) is 0 Å². The summed E-state index contributed by atoms with van der Waals surface area (Å²) in [6, 6.07) is 0. The highest BCUT2D eigenvalue weighted by molar-refractivity contribution is 7.17. The first-order chi connectivity index (χ1) is 9.42. The standard InChI is InChI=1S/C11H17F3N4OS/c1-2-6-16-10-18-17-9(20-10)8(19)15-7-4-3-5-11(12,13)14/h2-7H2,1H3,(H,15,19)(H,16,18). The second-order valence-electron chi connectivity index (χ2n) is 4.17. The van der Waals surface area contributed by atoms with Crippen molar-refractivity contribution in [2.45, 2.75) is 38.8 Å². The largest absolute Gasteiger partial charge is 0.389 e. The molecule has 0 saturated carbocycles. The lowest BCUT2D eigenvalue weighted by molar-refractivity contribution is -0.135. The van der Waals surface area contributed by atoms with E-state index in [1.807, 2.05) is 6.92 Å². The van der Waals surface area contributed by atoms with Crippen molar-refractivity contribution in [2.24, 2.45) is 0 Å². The van der Waals surface area contributed by atoms with E-state index in [9.17, 15) is 18.0 Å². The fourth-order valence-corrected chi connectivity index (χ4v) is 2.03. The second kappa shape index (κ2) is 8.03. The third-order valence-electron chi connectivity index (χ3n) is 2.32. The van der Waals surface area contributed by atoms with Crippen LogP contribution in [0.25, 0.3) is 0 Å². The maximum absolute atomic E-state index is 11.9. The number of halogens is 3. The predicted molar refractivity (Wildman–Crippen MR) is 70.9 cm³/mol. The van der Waals surface area contributed by atoms with Crippen LogP contribution >= 0.6 is 11.3 Å². The molecule has 1 amide bonds. The normalized spacial score (nSPS) is 11.4. The number of unbranched alkanes of at least 4 members (excludes halogenated alkanes) is 1. The van der Waals surface area contributed by atoms with Crippen LogP contribution in [0.1, 0.15) is 42.4 Å². The Morgan fingerprint density at radius 2 is 2.00 bits per heavy atom. The molecule has 0 radical (unpaired) electrons. The Balaban J connectivity index is 2.24. The van der Waals surface area contributed by atoms with Crippen LogP contribution in [0.4, 0.5) is 18.3 Å². The molecule has 0 aliphatic rings. The van der Waals surface area contributed by atoms with Crippen molar-refractivity contribution in [2.75, 3.05) is 18.4 Å². The number of alkyl halides is 3. The van der Waals surface area contributed by atoms with E-state index in [1.54, 1.807) is 0 Å². The maximum atomic E-state index is 11.9. The van der Waals surface area contributed by atoms with Crippen LogP contribution in [0.3, 0.4) is 0 Å². The molecule has 1 rings (SSSR count). The number of nitrogens with zero attached hydrogens (tertiary/aromatic N) is 2. The summed E-state index contributed by atoms with van der Waals surface area (Å²) in [5.41, 5.74) is 0. The quantitative estimate of drug-likeness (QED) is 0.725. The molecule has 1 heterocycles. The summed E-state index contributed by atoms with van der Waals surface area (Å²) in [7, 11) is 0. The Kier molecular flexibility index (Phi) is 6.69. The van der Waals surface area contributed by atoms with Crippen LogP contribution < -0.4 is 10.6 Å². The van der Waals surface area contributed by atoms with Crippen LogP contribution in [0.15, 0.2) is 0 Å². The number of carbonyl (C=O) groups excluding carboxylic acids is 1. The first-order valence-corrected chi connectivity index (χ1v) is 7.16. The highest BCUT2D eigenvalue weighted by Crippen LogP contribution is 2.21. The molecule has 0 atom stereocenters. The van der Waals surface area contributed by atoms with Gasteiger partial charge in [-0.3, -0.25) is 4.79 Å². The molecule has 0 bridgehead atoms. The van der Waals surface area contributed by atoms with E-state index in [0.29, 0.717) is 5.13 Å². The zero-order valence-electron chi connectivity index (χ0n) is 11.1. The Morgan fingerprint density at radius 1 is 1.25 bits per heavy atom. The molecule has 9 heteroatoms. The molecule has 0 aliphatic heterocycles. The molecule has 20 heavy (non-hydrogen) atoms. The number of hydrogen-bond donors (Lipinski definition) is 2. The van der Waals surface area contributed by atoms with Gasteiger partial charge < -0.3 is 10.6 Å². The second-order valence-corrected chi connectivity index (χ2v) is 5.14. The SMILES string of the molecule is CCCNc1nnc(C(=O)NCCCCC(F)(F)F)s1. The number of carbonyl (C=O) groups is 1. The van der Waals surface area contributed by atoms with Gasteiger partial charge in [-0.1, -0.05) is 18.3 Å². The highest BCUT2D eigenvalue weighted by Gasteiger charge is 2.25. The lowest BCUT2D eigenvalue weighted by Crippen LogP contribution is -2.24. The van der Waals surface area contributed by atoms with Crippen LogP contribution in [0.2, 0.25) is 0 Å². The van der Waals surface area contributed by atoms with Gasteiger partial charge >= 0.3 is 6.18 Å². The molecule has 0 saturated heterocycles. The van der Waals surface area contributed by atoms with Crippen molar-refractivity contribution in [1.29, 1.82) is 0 Å². The van der Waals surface area contributed by atoms with Gasteiger partial charge in [0.25, 0.3) is 5.91 Å². The number of hydrogen-bond acceptors (Lipinski definition) is 5. The lowest BCUT2D eigenvalue weighted by Gasteiger charge is -2.05.